The molecule has 2 rings (SSSR count). The number of nitrogens with one attached hydrogen (secondary N) is 1. The third kappa shape index (κ3) is 5.36. The molecule has 1 amide bonds. The van der Waals surface area contributed by atoms with Crippen molar-refractivity contribution in [3.8, 4) is 5.75 Å². The minimum Gasteiger partial charge on any atom is -0.476 e. The molecule has 0 aliphatic carbocycles. The molecular weight excluding hydrogens is 383 g/mol. The number of alkyl halides is 5. The average Bonchev–Trinajstić information content (AvgIpc) is 3.00. The largest absolute Gasteiger partial charge is 0.476 e. The van der Waals surface area contributed by atoms with Gasteiger partial charge in [0.1, 0.15) is 12.3 Å². The summed E-state index contributed by atoms with van der Waals surface area (Å²) in [6, 6.07) is 1.51. The lowest BCUT2D eigenvalue weighted by Gasteiger charge is -2.24. The van der Waals surface area contributed by atoms with Gasteiger partial charge in [0.15, 0.2) is 11.7 Å². The molecule has 0 fully saturated rings. The summed E-state index contributed by atoms with van der Waals surface area (Å²) in [4.78, 5) is 22.6. The van der Waals surface area contributed by atoms with E-state index in [4.69, 9.17) is 5.11 Å². The van der Waals surface area contributed by atoms with Crippen LogP contribution < -0.4 is 10.1 Å². The van der Waals surface area contributed by atoms with Crippen molar-refractivity contribution in [1.82, 2.24) is 20.3 Å². The quantitative estimate of drug-likeness (QED) is 0.696. The summed E-state index contributed by atoms with van der Waals surface area (Å²) in [7, 11) is 0. The van der Waals surface area contributed by atoms with Crippen LogP contribution in [0.3, 0.4) is 0 Å². The SMILES string of the molecule is O=C(Cn1cc(C(=O)O)nn1)NC(c1ccccc1OC(F)F)C(F)(F)F. The van der Waals surface area contributed by atoms with E-state index < -0.39 is 54.3 Å². The fraction of sp³-hybridized carbons (Fsp3) is 0.286. The Kier molecular flexibility index (Phi) is 5.92. The molecule has 0 bridgehead atoms. The Labute approximate surface area is 147 Å². The molecule has 0 spiro atoms. The fourth-order valence-electron chi connectivity index (χ4n) is 2.09. The van der Waals surface area contributed by atoms with Crippen LogP contribution in [-0.4, -0.2) is 44.8 Å². The zero-order valence-electron chi connectivity index (χ0n) is 13.2. The molecule has 13 heteroatoms. The zero-order valence-corrected chi connectivity index (χ0v) is 13.2. The molecule has 27 heavy (non-hydrogen) atoms. The van der Waals surface area contributed by atoms with Crippen molar-refractivity contribution >= 4 is 11.9 Å². The summed E-state index contributed by atoms with van der Waals surface area (Å²) >= 11 is 0. The first-order chi connectivity index (χ1) is 12.6. The van der Waals surface area contributed by atoms with E-state index >= 15 is 0 Å². The number of para-hydroxylation sites is 1. The fourth-order valence-corrected chi connectivity index (χ4v) is 2.09. The van der Waals surface area contributed by atoms with Crippen molar-refractivity contribution < 1.29 is 41.4 Å². The molecule has 1 aromatic heterocycles. The van der Waals surface area contributed by atoms with E-state index in [1.807, 2.05) is 0 Å². The van der Waals surface area contributed by atoms with Gasteiger partial charge in [0, 0.05) is 5.56 Å². The van der Waals surface area contributed by atoms with E-state index in [0.717, 1.165) is 24.4 Å². The molecule has 0 aliphatic heterocycles. The zero-order chi connectivity index (χ0) is 20.2. The summed E-state index contributed by atoms with van der Waals surface area (Å²) < 4.78 is 69.7. The van der Waals surface area contributed by atoms with Crippen LogP contribution in [0.5, 0.6) is 5.75 Å². The molecule has 0 saturated carbocycles. The number of ether oxygens (including phenoxy) is 1. The van der Waals surface area contributed by atoms with Gasteiger partial charge in [0.05, 0.1) is 6.20 Å². The van der Waals surface area contributed by atoms with E-state index in [1.54, 1.807) is 5.32 Å². The maximum atomic E-state index is 13.4. The Balaban J connectivity index is 2.22. The van der Waals surface area contributed by atoms with Crippen molar-refractivity contribution in [2.75, 3.05) is 0 Å². The van der Waals surface area contributed by atoms with Crippen LogP contribution in [0.2, 0.25) is 0 Å². The van der Waals surface area contributed by atoms with Crippen LogP contribution in [-0.2, 0) is 11.3 Å². The molecule has 0 radical (unpaired) electrons. The van der Waals surface area contributed by atoms with Gasteiger partial charge in [0.2, 0.25) is 5.91 Å². The summed E-state index contributed by atoms with van der Waals surface area (Å²) in [6.45, 7) is -4.13. The topological polar surface area (TPSA) is 106 Å². The van der Waals surface area contributed by atoms with Crippen molar-refractivity contribution in [3.63, 3.8) is 0 Å². The van der Waals surface area contributed by atoms with Crippen LogP contribution in [0.1, 0.15) is 22.1 Å². The Morgan fingerprint density at radius 2 is 1.93 bits per heavy atom. The first-order valence-electron chi connectivity index (χ1n) is 7.11. The first kappa shape index (κ1) is 20.1. The number of amides is 1. The van der Waals surface area contributed by atoms with E-state index in [-0.39, 0.29) is 0 Å². The molecule has 0 aliphatic rings. The highest BCUT2D eigenvalue weighted by Gasteiger charge is 2.43. The van der Waals surface area contributed by atoms with Gasteiger partial charge < -0.3 is 15.2 Å². The summed E-state index contributed by atoms with van der Waals surface area (Å²) in [5.41, 5.74) is -1.23. The summed E-state index contributed by atoms with van der Waals surface area (Å²) in [6.07, 6.45) is -4.18. The van der Waals surface area contributed by atoms with Crippen molar-refractivity contribution in [2.45, 2.75) is 25.4 Å². The number of benzene rings is 1. The molecule has 1 atom stereocenters. The Morgan fingerprint density at radius 1 is 1.26 bits per heavy atom. The molecule has 1 aromatic carbocycles. The molecule has 1 unspecified atom stereocenters. The number of hydrogen-bond acceptors (Lipinski definition) is 5. The summed E-state index contributed by atoms with van der Waals surface area (Å²) in [5.74, 6) is -3.39. The number of aromatic carboxylic acids is 1. The molecule has 8 nitrogen and oxygen atoms in total. The number of carbonyl (C=O) groups is 2. The minimum atomic E-state index is -5.02. The van der Waals surface area contributed by atoms with E-state index in [9.17, 15) is 31.5 Å². The number of halogens is 5. The number of nitrogens with zero attached hydrogens (tertiary/aromatic N) is 3. The third-order valence-electron chi connectivity index (χ3n) is 3.14. The van der Waals surface area contributed by atoms with Crippen LogP contribution >= 0.6 is 0 Å². The molecule has 1 heterocycles. The monoisotopic (exact) mass is 394 g/mol. The lowest BCUT2D eigenvalue weighted by atomic mass is 10.1. The van der Waals surface area contributed by atoms with Gasteiger partial charge >= 0.3 is 18.8 Å². The Bertz CT molecular complexity index is 824. The van der Waals surface area contributed by atoms with Gasteiger partial charge in [-0.3, -0.25) is 4.79 Å². The van der Waals surface area contributed by atoms with Crippen LogP contribution in [0.15, 0.2) is 30.5 Å². The number of carboxylic acids is 1. The normalized spacial score (nSPS) is 12.7. The number of aromatic nitrogens is 3. The maximum absolute atomic E-state index is 13.4. The Hall–Kier alpha value is -3.25. The van der Waals surface area contributed by atoms with Crippen molar-refractivity contribution in [1.29, 1.82) is 0 Å². The number of carbonyl (C=O) groups excluding carboxylic acids is 1. The van der Waals surface area contributed by atoms with Crippen molar-refractivity contribution in [3.05, 3.63) is 41.7 Å². The van der Waals surface area contributed by atoms with Gasteiger partial charge in [-0.25, -0.2) is 9.48 Å². The van der Waals surface area contributed by atoms with E-state index in [1.165, 1.54) is 6.07 Å². The van der Waals surface area contributed by atoms with Gasteiger partial charge in [-0.1, -0.05) is 23.4 Å². The first-order valence-corrected chi connectivity index (χ1v) is 7.11. The van der Waals surface area contributed by atoms with Crippen LogP contribution in [0, 0.1) is 0 Å². The highest BCUT2D eigenvalue weighted by molar-refractivity contribution is 5.84. The standard InChI is InChI=1S/C14H11F5N4O4/c15-13(16)27-9-4-2-1-3-7(9)11(14(17,18)19)20-10(24)6-23-5-8(12(25)26)21-22-23/h1-5,11,13H,6H2,(H,20,24)(H,25,26). The van der Waals surface area contributed by atoms with Crippen LogP contribution in [0.25, 0.3) is 0 Å². The van der Waals surface area contributed by atoms with E-state index in [2.05, 4.69) is 15.0 Å². The second-order valence-corrected chi connectivity index (χ2v) is 5.06. The van der Waals surface area contributed by atoms with Crippen molar-refractivity contribution in [2.24, 2.45) is 0 Å². The minimum absolute atomic E-state index is 0.508. The number of rotatable bonds is 7. The van der Waals surface area contributed by atoms with Gasteiger partial charge in [-0.2, -0.15) is 22.0 Å². The number of hydrogen-bond donors (Lipinski definition) is 2. The third-order valence-corrected chi connectivity index (χ3v) is 3.14. The lowest BCUT2D eigenvalue weighted by molar-refractivity contribution is -0.164. The molecule has 146 valence electrons. The van der Waals surface area contributed by atoms with Gasteiger partial charge in [0.25, 0.3) is 0 Å². The van der Waals surface area contributed by atoms with Crippen LogP contribution in [0.4, 0.5) is 22.0 Å². The van der Waals surface area contributed by atoms with Gasteiger partial charge in [-0.15, -0.1) is 5.10 Å². The molecule has 2 N–H and O–H groups in total. The number of carboxylic acid groups (broad SMARTS) is 1. The predicted octanol–water partition coefficient (Wildman–Crippen LogP) is 2.00. The summed E-state index contributed by atoms with van der Waals surface area (Å²) in [5, 5.41) is 16.9. The van der Waals surface area contributed by atoms with E-state index in [0.29, 0.717) is 4.68 Å². The predicted molar refractivity (Wildman–Crippen MR) is 77.0 cm³/mol. The highest BCUT2D eigenvalue weighted by atomic mass is 19.4. The molecule has 2 aromatic rings. The highest BCUT2D eigenvalue weighted by Crippen LogP contribution is 2.37. The maximum Gasteiger partial charge on any atom is 0.413 e. The van der Waals surface area contributed by atoms with Gasteiger partial charge in [-0.05, 0) is 6.07 Å². The molecule has 0 saturated heterocycles. The average molecular weight is 394 g/mol. The second-order valence-electron chi connectivity index (χ2n) is 5.06. The smallest absolute Gasteiger partial charge is 0.413 e. The second kappa shape index (κ2) is 7.97. The molecular formula is C14H11F5N4O4. The Morgan fingerprint density at radius 3 is 2.48 bits per heavy atom. The lowest BCUT2D eigenvalue weighted by Crippen LogP contribution is -2.40.